The van der Waals surface area contributed by atoms with Gasteiger partial charge in [0.1, 0.15) is 6.54 Å². The molecule has 0 spiro atoms. The molecule has 1 rings (SSSR count). The molecule has 5 heteroatoms. The molecule has 0 aliphatic heterocycles. The summed E-state index contributed by atoms with van der Waals surface area (Å²) in [5, 5.41) is 0. The second-order valence-corrected chi connectivity index (χ2v) is 5.41. The Morgan fingerprint density at radius 1 is 1.43 bits per heavy atom. The van der Waals surface area contributed by atoms with E-state index in [0.717, 1.165) is 10.0 Å². The fourth-order valence-corrected chi connectivity index (χ4v) is 2.32. The molecule has 0 N–H and O–H groups in total. The Morgan fingerprint density at radius 2 is 2.19 bits per heavy atom. The summed E-state index contributed by atoms with van der Waals surface area (Å²) in [6.07, 6.45) is 2.59. The molecule has 0 heterocycles. The first-order valence-electron chi connectivity index (χ1n) is 6.85. The lowest BCUT2D eigenvalue weighted by molar-refractivity contribution is -0.148. The fourth-order valence-electron chi connectivity index (χ4n) is 1.87. The SMILES string of the molecule is C=CCN(CC(=O)OCC)C(=O)CCc1cccc(Br)c1. The number of nitrogens with zero attached hydrogens (tertiary/aromatic N) is 1. The van der Waals surface area contributed by atoms with Crippen molar-refractivity contribution in [2.45, 2.75) is 19.8 Å². The number of carbonyl (C=O) groups excluding carboxylic acids is 2. The van der Waals surface area contributed by atoms with Crippen LogP contribution in [0.5, 0.6) is 0 Å². The lowest BCUT2D eigenvalue weighted by atomic mass is 10.1. The zero-order chi connectivity index (χ0) is 15.7. The summed E-state index contributed by atoms with van der Waals surface area (Å²) in [5.41, 5.74) is 1.08. The van der Waals surface area contributed by atoms with Gasteiger partial charge in [-0.15, -0.1) is 6.58 Å². The normalized spacial score (nSPS) is 10.0. The van der Waals surface area contributed by atoms with E-state index in [2.05, 4.69) is 22.5 Å². The summed E-state index contributed by atoms with van der Waals surface area (Å²) in [5.74, 6) is -0.474. The number of hydrogen-bond acceptors (Lipinski definition) is 3. The summed E-state index contributed by atoms with van der Waals surface area (Å²) in [6, 6.07) is 7.83. The van der Waals surface area contributed by atoms with E-state index >= 15 is 0 Å². The maximum absolute atomic E-state index is 12.2. The quantitative estimate of drug-likeness (QED) is 0.533. The van der Waals surface area contributed by atoms with Gasteiger partial charge in [-0.05, 0) is 31.0 Å². The van der Waals surface area contributed by atoms with Crippen LogP contribution in [0, 0.1) is 0 Å². The van der Waals surface area contributed by atoms with Crippen molar-refractivity contribution in [3.8, 4) is 0 Å². The Hall–Kier alpha value is -1.62. The topological polar surface area (TPSA) is 46.6 Å². The monoisotopic (exact) mass is 353 g/mol. The molecule has 0 bridgehead atoms. The van der Waals surface area contributed by atoms with Crippen LogP contribution in [0.2, 0.25) is 0 Å². The van der Waals surface area contributed by atoms with Crippen LogP contribution in [0.4, 0.5) is 0 Å². The minimum Gasteiger partial charge on any atom is -0.465 e. The van der Waals surface area contributed by atoms with Crippen LogP contribution in [0.15, 0.2) is 41.4 Å². The maximum Gasteiger partial charge on any atom is 0.325 e. The number of halogens is 1. The third-order valence-corrected chi connectivity index (χ3v) is 3.34. The molecular formula is C16H20BrNO3. The van der Waals surface area contributed by atoms with Crippen molar-refractivity contribution >= 4 is 27.8 Å². The summed E-state index contributed by atoms with van der Waals surface area (Å²) in [7, 11) is 0. The van der Waals surface area contributed by atoms with Crippen LogP contribution < -0.4 is 0 Å². The van der Waals surface area contributed by atoms with Crippen LogP contribution in [0.3, 0.4) is 0 Å². The molecule has 0 aromatic heterocycles. The first kappa shape index (κ1) is 17.4. The first-order chi connectivity index (χ1) is 10.1. The largest absolute Gasteiger partial charge is 0.465 e. The first-order valence-corrected chi connectivity index (χ1v) is 7.64. The molecule has 1 amide bonds. The van der Waals surface area contributed by atoms with Crippen LogP contribution in [-0.2, 0) is 20.7 Å². The minimum atomic E-state index is -0.393. The van der Waals surface area contributed by atoms with Crippen LogP contribution in [0.1, 0.15) is 18.9 Å². The predicted molar refractivity (Wildman–Crippen MR) is 85.9 cm³/mol. The van der Waals surface area contributed by atoms with E-state index in [-0.39, 0.29) is 12.5 Å². The van der Waals surface area contributed by atoms with Gasteiger partial charge in [0.15, 0.2) is 0 Å². The van der Waals surface area contributed by atoms with E-state index in [1.165, 1.54) is 4.90 Å². The lowest BCUT2D eigenvalue weighted by Crippen LogP contribution is -2.36. The van der Waals surface area contributed by atoms with Gasteiger partial charge in [0.25, 0.3) is 0 Å². The molecule has 0 radical (unpaired) electrons. The second kappa shape index (κ2) is 9.34. The highest BCUT2D eigenvalue weighted by Gasteiger charge is 2.16. The molecular weight excluding hydrogens is 334 g/mol. The third-order valence-electron chi connectivity index (χ3n) is 2.84. The van der Waals surface area contributed by atoms with Gasteiger partial charge in [0.05, 0.1) is 6.61 Å². The van der Waals surface area contributed by atoms with E-state index < -0.39 is 5.97 Å². The standard InChI is InChI=1S/C16H20BrNO3/c1-3-10-18(12-16(20)21-4-2)15(19)9-8-13-6-5-7-14(17)11-13/h3,5-7,11H,1,4,8-10,12H2,2H3. The fraction of sp³-hybridized carbons (Fsp3) is 0.375. The van der Waals surface area contributed by atoms with Crippen LogP contribution in [0.25, 0.3) is 0 Å². The van der Waals surface area contributed by atoms with E-state index in [9.17, 15) is 9.59 Å². The van der Waals surface area contributed by atoms with E-state index in [1.54, 1.807) is 13.0 Å². The Balaban J connectivity index is 2.56. The molecule has 0 aliphatic rings. The van der Waals surface area contributed by atoms with Crippen LogP contribution in [-0.4, -0.2) is 36.5 Å². The molecule has 0 saturated carbocycles. The molecule has 4 nitrogen and oxygen atoms in total. The Morgan fingerprint density at radius 3 is 2.81 bits per heavy atom. The average Bonchev–Trinajstić information content (AvgIpc) is 2.44. The Labute approximate surface area is 133 Å². The zero-order valence-electron chi connectivity index (χ0n) is 12.2. The molecule has 114 valence electrons. The van der Waals surface area contributed by atoms with Crippen molar-refractivity contribution in [1.82, 2.24) is 4.90 Å². The van der Waals surface area contributed by atoms with Gasteiger partial charge in [-0.3, -0.25) is 9.59 Å². The molecule has 1 aromatic rings. The molecule has 21 heavy (non-hydrogen) atoms. The minimum absolute atomic E-state index is 0.0306. The summed E-state index contributed by atoms with van der Waals surface area (Å²) < 4.78 is 5.86. The van der Waals surface area contributed by atoms with Gasteiger partial charge >= 0.3 is 5.97 Å². The smallest absolute Gasteiger partial charge is 0.325 e. The molecule has 0 fully saturated rings. The van der Waals surface area contributed by atoms with E-state index in [0.29, 0.717) is 26.0 Å². The van der Waals surface area contributed by atoms with Gasteiger partial charge in [-0.25, -0.2) is 0 Å². The molecule has 1 aromatic carbocycles. The Kier molecular flexibility index (Phi) is 7.75. The number of amides is 1. The lowest BCUT2D eigenvalue weighted by Gasteiger charge is -2.20. The molecule has 0 atom stereocenters. The van der Waals surface area contributed by atoms with Crippen molar-refractivity contribution in [3.05, 3.63) is 47.0 Å². The molecule has 0 unspecified atom stereocenters. The maximum atomic E-state index is 12.2. The number of ether oxygens (including phenoxy) is 1. The Bertz CT molecular complexity index is 502. The van der Waals surface area contributed by atoms with Crippen molar-refractivity contribution < 1.29 is 14.3 Å². The van der Waals surface area contributed by atoms with Crippen molar-refractivity contribution in [3.63, 3.8) is 0 Å². The number of carbonyl (C=O) groups is 2. The molecule has 0 aliphatic carbocycles. The van der Waals surface area contributed by atoms with Crippen molar-refractivity contribution in [2.75, 3.05) is 19.7 Å². The number of esters is 1. The second-order valence-electron chi connectivity index (χ2n) is 4.50. The molecule has 0 saturated heterocycles. The number of hydrogen-bond donors (Lipinski definition) is 0. The van der Waals surface area contributed by atoms with Gasteiger partial charge in [-0.1, -0.05) is 34.1 Å². The van der Waals surface area contributed by atoms with Crippen LogP contribution >= 0.6 is 15.9 Å². The highest BCUT2D eigenvalue weighted by molar-refractivity contribution is 9.10. The van der Waals surface area contributed by atoms with E-state index in [1.807, 2.05) is 24.3 Å². The highest BCUT2D eigenvalue weighted by Crippen LogP contribution is 2.13. The van der Waals surface area contributed by atoms with Gasteiger partial charge in [0.2, 0.25) is 5.91 Å². The summed E-state index contributed by atoms with van der Waals surface area (Å²) in [6.45, 7) is 5.98. The van der Waals surface area contributed by atoms with Gasteiger partial charge in [0, 0.05) is 17.4 Å². The zero-order valence-corrected chi connectivity index (χ0v) is 13.8. The number of rotatable bonds is 8. The predicted octanol–water partition coefficient (Wildman–Crippen LogP) is 2.96. The van der Waals surface area contributed by atoms with Gasteiger partial charge in [-0.2, -0.15) is 0 Å². The van der Waals surface area contributed by atoms with Crippen molar-refractivity contribution in [1.29, 1.82) is 0 Å². The number of aryl methyl sites for hydroxylation is 1. The van der Waals surface area contributed by atoms with Crippen molar-refractivity contribution in [2.24, 2.45) is 0 Å². The third kappa shape index (κ3) is 6.58. The van der Waals surface area contributed by atoms with E-state index in [4.69, 9.17) is 4.74 Å². The van der Waals surface area contributed by atoms with Gasteiger partial charge < -0.3 is 9.64 Å². The summed E-state index contributed by atoms with van der Waals surface area (Å²) >= 11 is 3.40. The highest BCUT2D eigenvalue weighted by atomic mass is 79.9. The summed E-state index contributed by atoms with van der Waals surface area (Å²) in [4.78, 5) is 25.1. The average molecular weight is 354 g/mol. The number of benzene rings is 1.